The molecule has 0 unspecified atom stereocenters. The van der Waals surface area contributed by atoms with Gasteiger partial charge in [0.2, 0.25) is 0 Å². The lowest BCUT2D eigenvalue weighted by Gasteiger charge is -2.24. The van der Waals surface area contributed by atoms with E-state index in [-0.39, 0.29) is 5.41 Å². The van der Waals surface area contributed by atoms with E-state index >= 15 is 0 Å². The van der Waals surface area contributed by atoms with Crippen LogP contribution in [0.3, 0.4) is 0 Å². The zero-order valence-electron chi connectivity index (χ0n) is 26.7. The van der Waals surface area contributed by atoms with Crippen molar-refractivity contribution in [3.63, 3.8) is 0 Å². The van der Waals surface area contributed by atoms with E-state index in [1.54, 1.807) is 0 Å². The third-order valence-electron chi connectivity index (χ3n) is 10.9. The Hall–Kier alpha value is -6.06. The van der Waals surface area contributed by atoms with Crippen LogP contribution in [-0.4, -0.2) is 9.13 Å². The van der Waals surface area contributed by atoms with Crippen LogP contribution < -0.4 is 0 Å². The van der Waals surface area contributed by atoms with Crippen LogP contribution in [0.5, 0.6) is 0 Å². The van der Waals surface area contributed by atoms with E-state index in [4.69, 9.17) is 4.42 Å². The molecule has 0 fully saturated rings. The first-order valence-electron chi connectivity index (χ1n) is 16.7. The van der Waals surface area contributed by atoms with E-state index in [9.17, 15) is 0 Å². The molecule has 0 amide bonds. The molecule has 0 aliphatic heterocycles. The number of fused-ring (bicyclic) bond motifs is 15. The second-order valence-electron chi connectivity index (χ2n) is 13.7. The average Bonchev–Trinajstić information content (AvgIpc) is 3.84. The molecule has 1 aliphatic rings. The number of aromatic nitrogens is 2. The Morgan fingerprint density at radius 1 is 0.479 bits per heavy atom. The number of benzene rings is 7. The Morgan fingerprint density at radius 3 is 1.83 bits per heavy atom. The van der Waals surface area contributed by atoms with Crippen LogP contribution in [0, 0.1) is 0 Å². The molecule has 48 heavy (non-hydrogen) atoms. The minimum Gasteiger partial charge on any atom is -0.456 e. The molecule has 0 N–H and O–H groups in total. The van der Waals surface area contributed by atoms with Gasteiger partial charge in [0, 0.05) is 54.7 Å². The Balaban J connectivity index is 1.43. The molecule has 3 aromatic heterocycles. The van der Waals surface area contributed by atoms with E-state index < -0.39 is 0 Å². The molecule has 10 aromatic rings. The summed E-state index contributed by atoms with van der Waals surface area (Å²) in [7, 11) is 0. The Morgan fingerprint density at radius 2 is 1.06 bits per heavy atom. The molecule has 0 saturated carbocycles. The van der Waals surface area contributed by atoms with Crippen LogP contribution in [0.1, 0.15) is 25.0 Å². The maximum atomic E-state index is 6.29. The Kier molecular flexibility index (Phi) is 4.91. The predicted octanol–water partition coefficient (Wildman–Crippen LogP) is 12.1. The summed E-state index contributed by atoms with van der Waals surface area (Å²) in [6.07, 6.45) is 0. The van der Waals surface area contributed by atoms with Gasteiger partial charge in [-0.05, 0) is 65.2 Å². The first-order chi connectivity index (χ1) is 23.6. The third-order valence-corrected chi connectivity index (χ3v) is 10.9. The van der Waals surface area contributed by atoms with Crippen molar-refractivity contribution in [3.8, 4) is 22.5 Å². The van der Waals surface area contributed by atoms with Gasteiger partial charge in [-0.15, -0.1) is 0 Å². The molecule has 0 radical (unpaired) electrons. The normalized spacial score (nSPS) is 13.8. The molecular weight excluding hydrogens is 585 g/mol. The number of furan rings is 1. The number of hydrogen-bond donors (Lipinski definition) is 0. The topological polar surface area (TPSA) is 23.0 Å². The smallest absolute Gasteiger partial charge is 0.135 e. The fourth-order valence-corrected chi connectivity index (χ4v) is 8.91. The van der Waals surface area contributed by atoms with E-state index in [2.05, 4.69) is 163 Å². The second-order valence-corrected chi connectivity index (χ2v) is 13.7. The minimum absolute atomic E-state index is 0.231. The van der Waals surface area contributed by atoms with E-state index in [0.29, 0.717) is 0 Å². The van der Waals surface area contributed by atoms with Gasteiger partial charge in [0.05, 0.1) is 22.1 Å². The van der Waals surface area contributed by atoms with Gasteiger partial charge >= 0.3 is 0 Å². The molecular formula is C45H30N2O. The van der Waals surface area contributed by atoms with Gasteiger partial charge < -0.3 is 13.6 Å². The quantitative estimate of drug-likeness (QED) is 0.190. The van der Waals surface area contributed by atoms with Gasteiger partial charge in [-0.2, -0.15) is 0 Å². The minimum atomic E-state index is -0.231. The summed E-state index contributed by atoms with van der Waals surface area (Å²) in [4.78, 5) is 0. The van der Waals surface area contributed by atoms with Gasteiger partial charge in [-0.1, -0.05) is 111 Å². The monoisotopic (exact) mass is 614 g/mol. The molecule has 0 spiro atoms. The van der Waals surface area contributed by atoms with E-state index in [1.165, 1.54) is 71.6 Å². The summed E-state index contributed by atoms with van der Waals surface area (Å²) in [5.74, 6) is 0. The maximum absolute atomic E-state index is 6.29. The molecule has 3 nitrogen and oxygen atoms in total. The van der Waals surface area contributed by atoms with Gasteiger partial charge in [0.15, 0.2) is 0 Å². The molecule has 0 bridgehead atoms. The Bertz CT molecular complexity index is 2970. The zero-order valence-corrected chi connectivity index (χ0v) is 26.7. The van der Waals surface area contributed by atoms with Crippen molar-refractivity contribution in [2.45, 2.75) is 19.3 Å². The van der Waals surface area contributed by atoms with Crippen molar-refractivity contribution < 1.29 is 4.42 Å². The first kappa shape index (κ1) is 26.1. The molecule has 226 valence electrons. The van der Waals surface area contributed by atoms with Crippen molar-refractivity contribution in [1.29, 1.82) is 0 Å². The highest BCUT2D eigenvalue weighted by atomic mass is 16.3. The summed E-state index contributed by atoms with van der Waals surface area (Å²) < 4.78 is 11.3. The number of rotatable bonds is 2. The highest BCUT2D eigenvalue weighted by Gasteiger charge is 2.41. The second kappa shape index (κ2) is 9.05. The SMILES string of the molecule is CC1(C)c2ccccc2-c2c1c1c(c3ccccc3n1-c1ccccc1)c1c3ccccc3n(-c3ccc4oc5ccccc5c4c3)c21. The molecule has 11 rings (SSSR count). The lowest BCUT2D eigenvalue weighted by atomic mass is 9.81. The number of hydrogen-bond acceptors (Lipinski definition) is 1. The predicted molar refractivity (Wildman–Crippen MR) is 200 cm³/mol. The Labute approximate surface area is 276 Å². The first-order valence-corrected chi connectivity index (χ1v) is 16.7. The molecule has 0 saturated heterocycles. The summed E-state index contributed by atoms with van der Waals surface area (Å²) in [5.41, 5.74) is 14.3. The number of para-hydroxylation sites is 4. The lowest BCUT2D eigenvalue weighted by Crippen LogP contribution is -2.16. The third kappa shape index (κ3) is 3.14. The van der Waals surface area contributed by atoms with Crippen LogP contribution in [0.2, 0.25) is 0 Å². The van der Waals surface area contributed by atoms with Crippen molar-refractivity contribution in [2.24, 2.45) is 0 Å². The van der Waals surface area contributed by atoms with Crippen molar-refractivity contribution >= 4 is 65.6 Å². The largest absolute Gasteiger partial charge is 0.456 e. The maximum Gasteiger partial charge on any atom is 0.135 e. The van der Waals surface area contributed by atoms with Crippen LogP contribution in [-0.2, 0) is 5.41 Å². The highest BCUT2D eigenvalue weighted by molar-refractivity contribution is 6.33. The average molecular weight is 615 g/mol. The van der Waals surface area contributed by atoms with Crippen LogP contribution in [0.15, 0.2) is 150 Å². The van der Waals surface area contributed by atoms with Gasteiger partial charge in [-0.25, -0.2) is 0 Å². The molecule has 7 aromatic carbocycles. The van der Waals surface area contributed by atoms with Crippen molar-refractivity contribution in [1.82, 2.24) is 9.13 Å². The van der Waals surface area contributed by atoms with Crippen LogP contribution in [0.25, 0.3) is 88.1 Å². The van der Waals surface area contributed by atoms with Gasteiger partial charge in [0.1, 0.15) is 11.2 Å². The number of nitrogens with zero attached hydrogens (tertiary/aromatic N) is 2. The molecule has 0 atom stereocenters. The van der Waals surface area contributed by atoms with Gasteiger partial charge in [0.25, 0.3) is 0 Å². The summed E-state index contributed by atoms with van der Waals surface area (Å²) in [5, 5.41) is 7.42. The van der Waals surface area contributed by atoms with E-state index in [0.717, 1.165) is 27.6 Å². The molecule has 1 aliphatic carbocycles. The van der Waals surface area contributed by atoms with Crippen molar-refractivity contribution in [3.05, 3.63) is 157 Å². The summed E-state index contributed by atoms with van der Waals surface area (Å²) >= 11 is 0. The van der Waals surface area contributed by atoms with E-state index in [1.807, 2.05) is 6.07 Å². The fraction of sp³-hybridized carbons (Fsp3) is 0.0667. The standard InChI is InChI=1S/C45H30N2O/c1-45(2)34-20-10-6-17-30(34)41-42(45)44-40(32-19-8-11-21-35(32)46(44)27-14-4-3-5-15-27)39-31-18-7-12-22-36(31)47(43(39)41)28-24-25-38-33(26-28)29-16-9-13-23-37(29)48-38/h3-26H,1-2H3. The van der Waals surface area contributed by atoms with Gasteiger partial charge in [-0.3, -0.25) is 0 Å². The summed E-state index contributed by atoms with van der Waals surface area (Å²) in [6, 6.07) is 52.9. The molecule has 3 heteroatoms. The molecule has 3 heterocycles. The highest BCUT2D eigenvalue weighted by Crippen LogP contribution is 2.58. The lowest BCUT2D eigenvalue weighted by molar-refractivity contribution is 0.664. The van der Waals surface area contributed by atoms with Crippen LogP contribution >= 0.6 is 0 Å². The zero-order chi connectivity index (χ0) is 31.7. The van der Waals surface area contributed by atoms with Crippen molar-refractivity contribution in [2.75, 3.05) is 0 Å². The summed E-state index contributed by atoms with van der Waals surface area (Å²) in [6.45, 7) is 4.82. The van der Waals surface area contributed by atoms with Crippen LogP contribution in [0.4, 0.5) is 0 Å². The fourth-order valence-electron chi connectivity index (χ4n) is 8.91.